The Labute approximate surface area is 137 Å². The van der Waals surface area contributed by atoms with E-state index in [4.69, 9.17) is 4.74 Å². The van der Waals surface area contributed by atoms with Crippen molar-refractivity contribution in [3.05, 3.63) is 0 Å². The van der Waals surface area contributed by atoms with Crippen LogP contribution in [-0.4, -0.2) is 49.9 Å². The van der Waals surface area contributed by atoms with E-state index in [9.17, 15) is 14.4 Å². The van der Waals surface area contributed by atoms with Crippen LogP contribution in [0, 0.1) is 16.2 Å². The minimum absolute atomic E-state index is 0.0732. The van der Waals surface area contributed by atoms with Crippen molar-refractivity contribution in [3.8, 4) is 0 Å². The molecule has 0 aromatic rings. The number of imide groups is 1. The third-order valence-corrected chi connectivity index (χ3v) is 5.34. The van der Waals surface area contributed by atoms with Crippen molar-refractivity contribution in [2.75, 3.05) is 27.3 Å². The minimum atomic E-state index is -0.707. The molecule has 2 atom stereocenters. The smallest absolute Gasteiger partial charge is 0.234 e. The number of piperidine rings is 1. The van der Waals surface area contributed by atoms with Gasteiger partial charge in [-0.2, -0.15) is 0 Å². The first-order valence-corrected chi connectivity index (χ1v) is 8.18. The molecule has 1 saturated carbocycles. The summed E-state index contributed by atoms with van der Waals surface area (Å²) < 4.78 is 4.98. The van der Waals surface area contributed by atoms with E-state index >= 15 is 0 Å². The van der Waals surface area contributed by atoms with Crippen LogP contribution in [0.3, 0.4) is 0 Å². The van der Waals surface area contributed by atoms with Crippen molar-refractivity contribution in [2.45, 2.75) is 46.5 Å². The zero-order valence-electron chi connectivity index (χ0n) is 14.8. The number of hydrogen-bond acceptors (Lipinski definition) is 4. The lowest BCUT2D eigenvalue weighted by atomic mass is 9.51. The SMILES string of the molecule is COCCCNC(=O)C1(C)CC2(C)CC(C)(C1)C(=O)N(C)C2=O. The number of carbonyl (C=O) groups is 3. The number of amides is 3. The first-order valence-electron chi connectivity index (χ1n) is 8.18. The predicted molar refractivity (Wildman–Crippen MR) is 85.5 cm³/mol. The van der Waals surface area contributed by atoms with Crippen molar-refractivity contribution in [1.29, 1.82) is 0 Å². The molecule has 23 heavy (non-hydrogen) atoms. The van der Waals surface area contributed by atoms with Crippen molar-refractivity contribution < 1.29 is 19.1 Å². The summed E-state index contributed by atoms with van der Waals surface area (Å²) in [5.74, 6) is -0.410. The molecule has 0 aromatic carbocycles. The van der Waals surface area contributed by atoms with Gasteiger partial charge in [0.2, 0.25) is 17.7 Å². The third kappa shape index (κ3) is 3.01. The summed E-state index contributed by atoms with van der Waals surface area (Å²) in [7, 11) is 3.18. The van der Waals surface area contributed by atoms with Gasteiger partial charge in [0.15, 0.2) is 0 Å². The molecule has 1 aliphatic carbocycles. The summed E-state index contributed by atoms with van der Waals surface area (Å²) in [5, 5.41) is 2.94. The zero-order chi connectivity index (χ0) is 17.5. The Morgan fingerprint density at radius 2 is 1.65 bits per heavy atom. The molecule has 1 heterocycles. The van der Waals surface area contributed by atoms with Gasteiger partial charge in [-0.05, 0) is 25.7 Å². The van der Waals surface area contributed by atoms with E-state index in [1.165, 1.54) is 4.90 Å². The summed E-state index contributed by atoms with van der Waals surface area (Å²) in [6, 6.07) is 0. The van der Waals surface area contributed by atoms with Gasteiger partial charge in [0.05, 0.1) is 0 Å². The van der Waals surface area contributed by atoms with E-state index in [1.54, 1.807) is 14.2 Å². The summed E-state index contributed by atoms with van der Waals surface area (Å²) in [6.45, 7) is 6.77. The Morgan fingerprint density at radius 3 is 2.13 bits per heavy atom. The van der Waals surface area contributed by atoms with Crippen LogP contribution in [0.4, 0.5) is 0 Å². The molecule has 3 amide bonds. The molecule has 0 spiro atoms. The van der Waals surface area contributed by atoms with Crippen LogP contribution in [0.25, 0.3) is 0 Å². The number of methoxy groups -OCH3 is 1. The standard InChI is InChI=1S/C17H28N2O4/c1-15(12(20)18-7-6-8-23-5)9-16(2)11-17(3,10-15)14(22)19(4)13(16)21/h6-11H2,1-5H3,(H,18,20). The molecule has 2 rings (SSSR count). The lowest BCUT2D eigenvalue weighted by Gasteiger charge is -2.55. The van der Waals surface area contributed by atoms with Crippen molar-refractivity contribution in [1.82, 2.24) is 10.2 Å². The molecule has 6 nitrogen and oxygen atoms in total. The number of likely N-dealkylation sites (tertiary alicyclic amines) is 1. The van der Waals surface area contributed by atoms with Gasteiger partial charge in [-0.15, -0.1) is 0 Å². The average molecular weight is 324 g/mol. The third-order valence-electron chi connectivity index (χ3n) is 5.34. The van der Waals surface area contributed by atoms with Gasteiger partial charge in [-0.1, -0.05) is 20.8 Å². The van der Waals surface area contributed by atoms with Crippen LogP contribution in [0.1, 0.15) is 46.5 Å². The normalized spacial score (nSPS) is 37.0. The van der Waals surface area contributed by atoms with Crippen molar-refractivity contribution in [3.63, 3.8) is 0 Å². The van der Waals surface area contributed by atoms with Crippen LogP contribution >= 0.6 is 0 Å². The lowest BCUT2D eigenvalue weighted by Crippen LogP contribution is -2.64. The molecule has 2 bridgehead atoms. The van der Waals surface area contributed by atoms with Crippen LogP contribution in [0.15, 0.2) is 0 Å². The molecule has 0 radical (unpaired) electrons. The van der Waals surface area contributed by atoms with E-state index in [2.05, 4.69) is 5.32 Å². The quantitative estimate of drug-likeness (QED) is 0.612. The van der Waals surface area contributed by atoms with Gasteiger partial charge in [-0.25, -0.2) is 0 Å². The topological polar surface area (TPSA) is 75.7 Å². The van der Waals surface area contributed by atoms with Gasteiger partial charge in [0.25, 0.3) is 0 Å². The van der Waals surface area contributed by atoms with Crippen molar-refractivity contribution >= 4 is 17.7 Å². The van der Waals surface area contributed by atoms with Gasteiger partial charge in [0.1, 0.15) is 0 Å². The van der Waals surface area contributed by atoms with Gasteiger partial charge in [0, 0.05) is 43.6 Å². The van der Waals surface area contributed by atoms with Crippen LogP contribution < -0.4 is 5.32 Å². The molecule has 2 fully saturated rings. The number of fused-ring (bicyclic) bond motifs is 2. The number of hydrogen-bond donors (Lipinski definition) is 1. The molecule has 6 heteroatoms. The maximum Gasteiger partial charge on any atom is 0.234 e. The molecular weight excluding hydrogens is 296 g/mol. The second kappa shape index (κ2) is 5.89. The number of nitrogens with one attached hydrogen (secondary N) is 1. The fourth-order valence-electron chi connectivity index (χ4n) is 4.77. The molecule has 2 unspecified atom stereocenters. The highest BCUT2D eigenvalue weighted by Crippen LogP contribution is 2.58. The Balaban J connectivity index is 2.20. The molecule has 1 N–H and O–H groups in total. The molecular formula is C17H28N2O4. The number of carbonyl (C=O) groups excluding carboxylic acids is 3. The number of nitrogens with zero attached hydrogens (tertiary/aromatic N) is 1. The van der Waals surface area contributed by atoms with E-state index < -0.39 is 16.2 Å². The Kier molecular flexibility index (Phi) is 4.59. The first-order chi connectivity index (χ1) is 10.6. The van der Waals surface area contributed by atoms with E-state index in [1.807, 2.05) is 20.8 Å². The maximum absolute atomic E-state index is 12.7. The minimum Gasteiger partial charge on any atom is -0.385 e. The summed E-state index contributed by atoms with van der Waals surface area (Å²) in [4.78, 5) is 39.1. The Bertz CT molecular complexity index is 503. The highest BCUT2D eigenvalue weighted by Gasteiger charge is 2.62. The zero-order valence-corrected chi connectivity index (χ0v) is 14.8. The predicted octanol–water partition coefficient (Wildman–Crippen LogP) is 1.34. The summed E-state index contributed by atoms with van der Waals surface area (Å²) in [6.07, 6.45) is 2.21. The highest BCUT2D eigenvalue weighted by atomic mass is 16.5. The lowest BCUT2D eigenvalue weighted by molar-refractivity contribution is -0.178. The molecule has 130 valence electrons. The van der Waals surface area contributed by atoms with Crippen LogP contribution in [0.2, 0.25) is 0 Å². The molecule has 0 aromatic heterocycles. The fraction of sp³-hybridized carbons (Fsp3) is 0.824. The van der Waals surface area contributed by atoms with E-state index in [0.29, 0.717) is 32.4 Å². The second-order valence-electron chi connectivity index (χ2n) is 7.98. The monoisotopic (exact) mass is 324 g/mol. The van der Waals surface area contributed by atoms with Gasteiger partial charge >= 0.3 is 0 Å². The van der Waals surface area contributed by atoms with Crippen LogP contribution in [0.5, 0.6) is 0 Å². The Hall–Kier alpha value is -1.43. The van der Waals surface area contributed by atoms with Gasteiger partial charge < -0.3 is 10.1 Å². The Morgan fingerprint density at radius 1 is 1.13 bits per heavy atom. The summed E-state index contributed by atoms with van der Waals surface area (Å²) in [5.41, 5.74) is -2.02. The van der Waals surface area contributed by atoms with E-state index in [-0.39, 0.29) is 17.7 Å². The molecule has 1 aliphatic heterocycles. The van der Waals surface area contributed by atoms with Crippen molar-refractivity contribution in [2.24, 2.45) is 16.2 Å². The van der Waals surface area contributed by atoms with Gasteiger partial charge in [-0.3, -0.25) is 19.3 Å². The largest absolute Gasteiger partial charge is 0.385 e. The first kappa shape index (κ1) is 17.9. The highest BCUT2D eigenvalue weighted by molar-refractivity contribution is 6.04. The van der Waals surface area contributed by atoms with Crippen LogP contribution in [-0.2, 0) is 19.1 Å². The fourth-order valence-corrected chi connectivity index (χ4v) is 4.77. The average Bonchev–Trinajstić information content (AvgIpc) is 2.46. The maximum atomic E-state index is 12.7. The molecule has 1 saturated heterocycles. The second-order valence-corrected chi connectivity index (χ2v) is 7.98. The van der Waals surface area contributed by atoms with E-state index in [0.717, 1.165) is 6.42 Å². The molecule has 2 aliphatic rings. The number of ether oxygens (including phenoxy) is 1. The number of rotatable bonds is 5. The summed E-state index contributed by atoms with van der Waals surface area (Å²) >= 11 is 0.